The third kappa shape index (κ3) is 3.76. The molecule has 2 aromatic rings. The number of hydrogen-bond donors (Lipinski definition) is 0. The lowest BCUT2D eigenvalue weighted by molar-refractivity contribution is -0.132. The van der Waals surface area contributed by atoms with E-state index in [1.54, 1.807) is 6.26 Å². The fraction of sp³-hybridized carbons (Fsp3) is 0.421. The van der Waals surface area contributed by atoms with Crippen molar-refractivity contribution in [3.8, 4) is 11.3 Å². The van der Waals surface area contributed by atoms with Crippen LogP contribution >= 0.6 is 0 Å². The molecular formula is C19H24N2O2. The Bertz CT molecular complexity index is 624. The van der Waals surface area contributed by atoms with E-state index in [2.05, 4.69) is 43.0 Å². The molecule has 0 bridgehead atoms. The van der Waals surface area contributed by atoms with Gasteiger partial charge in [0.25, 0.3) is 0 Å². The second kappa shape index (κ2) is 6.90. The summed E-state index contributed by atoms with van der Waals surface area (Å²) in [5.41, 5.74) is 2.29. The Morgan fingerprint density at radius 3 is 2.35 bits per heavy atom. The maximum Gasteiger partial charge on any atom is 0.222 e. The van der Waals surface area contributed by atoms with Crippen molar-refractivity contribution in [1.29, 1.82) is 0 Å². The van der Waals surface area contributed by atoms with Crippen LogP contribution in [0.3, 0.4) is 0 Å². The van der Waals surface area contributed by atoms with Crippen molar-refractivity contribution in [3.05, 3.63) is 42.7 Å². The van der Waals surface area contributed by atoms with Gasteiger partial charge in [-0.3, -0.25) is 4.79 Å². The first-order valence-corrected chi connectivity index (χ1v) is 8.30. The molecule has 1 amide bonds. The third-order valence-corrected chi connectivity index (χ3v) is 4.25. The summed E-state index contributed by atoms with van der Waals surface area (Å²) >= 11 is 0. The lowest BCUT2D eigenvalue weighted by Crippen LogP contribution is -2.49. The molecule has 4 nitrogen and oxygen atoms in total. The van der Waals surface area contributed by atoms with Gasteiger partial charge in [0.1, 0.15) is 5.76 Å². The average Bonchev–Trinajstić information content (AvgIpc) is 3.09. The van der Waals surface area contributed by atoms with Crippen molar-refractivity contribution >= 4 is 11.6 Å². The molecule has 23 heavy (non-hydrogen) atoms. The number of benzene rings is 1. The number of hydrogen-bond acceptors (Lipinski definition) is 3. The lowest BCUT2D eigenvalue weighted by atomic mass is 10.1. The summed E-state index contributed by atoms with van der Waals surface area (Å²) in [5.74, 6) is 1.60. The molecule has 0 aliphatic carbocycles. The molecule has 2 heterocycles. The predicted octanol–water partition coefficient (Wildman–Crippen LogP) is 3.64. The van der Waals surface area contributed by atoms with E-state index in [0.29, 0.717) is 12.3 Å². The molecule has 0 atom stereocenters. The van der Waals surface area contributed by atoms with Crippen molar-refractivity contribution in [3.63, 3.8) is 0 Å². The van der Waals surface area contributed by atoms with Gasteiger partial charge < -0.3 is 14.2 Å². The quantitative estimate of drug-likeness (QED) is 0.865. The Labute approximate surface area is 137 Å². The van der Waals surface area contributed by atoms with Gasteiger partial charge in [-0.15, -0.1) is 0 Å². The molecule has 1 aromatic carbocycles. The van der Waals surface area contributed by atoms with Crippen LogP contribution in [0.5, 0.6) is 0 Å². The van der Waals surface area contributed by atoms with Crippen LogP contribution in [0.4, 0.5) is 5.69 Å². The summed E-state index contributed by atoms with van der Waals surface area (Å²) in [5, 5.41) is 0. The van der Waals surface area contributed by atoms with Crippen molar-refractivity contribution in [2.45, 2.75) is 20.3 Å². The second-order valence-electron chi connectivity index (χ2n) is 6.49. The summed E-state index contributed by atoms with van der Waals surface area (Å²) < 4.78 is 5.42. The minimum atomic E-state index is 0.285. The smallest absolute Gasteiger partial charge is 0.222 e. The molecule has 0 saturated carbocycles. The highest BCUT2D eigenvalue weighted by molar-refractivity contribution is 5.76. The monoisotopic (exact) mass is 312 g/mol. The summed E-state index contributed by atoms with van der Waals surface area (Å²) in [7, 11) is 0. The SMILES string of the molecule is CC(C)CC(=O)N1CCN(c2ccc(-c3ccco3)cc2)CC1. The van der Waals surface area contributed by atoms with Crippen LogP contribution in [0, 0.1) is 5.92 Å². The first-order chi connectivity index (χ1) is 11.1. The average molecular weight is 312 g/mol. The van der Waals surface area contributed by atoms with Crippen LogP contribution in [0.1, 0.15) is 20.3 Å². The molecule has 0 spiro atoms. The van der Waals surface area contributed by atoms with Gasteiger partial charge in [0.2, 0.25) is 5.91 Å². The molecule has 4 heteroatoms. The molecule has 0 radical (unpaired) electrons. The van der Waals surface area contributed by atoms with E-state index >= 15 is 0 Å². The highest BCUT2D eigenvalue weighted by atomic mass is 16.3. The standard InChI is InChI=1S/C19H24N2O2/c1-15(2)14-19(22)21-11-9-20(10-12-21)17-7-5-16(6-8-17)18-4-3-13-23-18/h3-8,13,15H,9-12,14H2,1-2H3. The van der Waals surface area contributed by atoms with E-state index in [1.165, 1.54) is 5.69 Å². The van der Waals surface area contributed by atoms with Gasteiger partial charge >= 0.3 is 0 Å². The molecule has 1 fully saturated rings. The maximum atomic E-state index is 12.1. The minimum Gasteiger partial charge on any atom is -0.464 e. The van der Waals surface area contributed by atoms with Gasteiger partial charge in [0.05, 0.1) is 6.26 Å². The summed E-state index contributed by atoms with van der Waals surface area (Å²) in [6.45, 7) is 7.59. The maximum absolute atomic E-state index is 12.1. The zero-order chi connectivity index (χ0) is 16.2. The Morgan fingerprint density at radius 2 is 1.78 bits per heavy atom. The van der Waals surface area contributed by atoms with Crippen LogP contribution in [0.25, 0.3) is 11.3 Å². The highest BCUT2D eigenvalue weighted by Crippen LogP contribution is 2.24. The molecule has 122 valence electrons. The first kappa shape index (κ1) is 15.7. The molecule has 1 aliphatic rings. The van der Waals surface area contributed by atoms with E-state index in [1.807, 2.05) is 17.0 Å². The molecule has 0 unspecified atom stereocenters. The van der Waals surface area contributed by atoms with Gasteiger partial charge in [0.15, 0.2) is 0 Å². The largest absolute Gasteiger partial charge is 0.464 e. The zero-order valence-corrected chi connectivity index (χ0v) is 13.9. The molecule has 1 aromatic heterocycles. The van der Waals surface area contributed by atoms with E-state index in [0.717, 1.165) is 37.5 Å². The number of furan rings is 1. The van der Waals surface area contributed by atoms with Crippen LogP contribution in [0.2, 0.25) is 0 Å². The lowest BCUT2D eigenvalue weighted by Gasteiger charge is -2.36. The van der Waals surface area contributed by atoms with E-state index in [-0.39, 0.29) is 5.91 Å². The Balaban J connectivity index is 1.58. The Hall–Kier alpha value is -2.23. The van der Waals surface area contributed by atoms with Crippen molar-refractivity contribution in [2.75, 3.05) is 31.1 Å². The number of rotatable bonds is 4. The van der Waals surface area contributed by atoms with Crippen molar-refractivity contribution < 1.29 is 9.21 Å². The Kier molecular flexibility index (Phi) is 4.70. The van der Waals surface area contributed by atoms with Gasteiger partial charge in [0, 0.05) is 43.9 Å². The van der Waals surface area contributed by atoms with Gasteiger partial charge in [-0.05, 0) is 42.3 Å². The topological polar surface area (TPSA) is 36.7 Å². The number of amides is 1. The van der Waals surface area contributed by atoms with Gasteiger partial charge in [-0.25, -0.2) is 0 Å². The number of carbonyl (C=O) groups excluding carboxylic acids is 1. The van der Waals surface area contributed by atoms with Crippen molar-refractivity contribution in [1.82, 2.24) is 4.90 Å². The highest BCUT2D eigenvalue weighted by Gasteiger charge is 2.21. The minimum absolute atomic E-state index is 0.285. The van der Waals surface area contributed by atoms with Crippen LogP contribution in [0.15, 0.2) is 47.1 Å². The third-order valence-electron chi connectivity index (χ3n) is 4.25. The predicted molar refractivity (Wildman–Crippen MR) is 92.4 cm³/mol. The number of piperazine rings is 1. The normalized spacial score (nSPS) is 15.3. The second-order valence-corrected chi connectivity index (χ2v) is 6.49. The molecule has 1 aliphatic heterocycles. The molecule has 3 rings (SSSR count). The fourth-order valence-electron chi connectivity index (χ4n) is 2.97. The number of nitrogens with zero attached hydrogens (tertiary/aromatic N) is 2. The van der Waals surface area contributed by atoms with Gasteiger partial charge in [-0.2, -0.15) is 0 Å². The number of anilines is 1. The Morgan fingerprint density at radius 1 is 1.09 bits per heavy atom. The van der Waals surface area contributed by atoms with Crippen LogP contribution in [-0.4, -0.2) is 37.0 Å². The van der Waals surface area contributed by atoms with Crippen LogP contribution < -0.4 is 4.90 Å². The van der Waals surface area contributed by atoms with E-state index in [4.69, 9.17) is 4.42 Å². The zero-order valence-electron chi connectivity index (χ0n) is 13.9. The summed E-state index contributed by atoms with van der Waals surface area (Å²) in [6, 6.07) is 12.3. The molecular weight excluding hydrogens is 288 g/mol. The van der Waals surface area contributed by atoms with E-state index in [9.17, 15) is 4.79 Å². The summed E-state index contributed by atoms with van der Waals surface area (Å²) in [6.07, 6.45) is 2.34. The van der Waals surface area contributed by atoms with Gasteiger partial charge in [-0.1, -0.05) is 13.8 Å². The summed E-state index contributed by atoms with van der Waals surface area (Å²) in [4.78, 5) is 16.5. The molecule has 1 saturated heterocycles. The van der Waals surface area contributed by atoms with Crippen LogP contribution in [-0.2, 0) is 4.79 Å². The molecule has 0 N–H and O–H groups in total. The number of carbonyl (C=O) groups is 1. The fourth-order valence-corrected chi connectivity index (χ4v) is 2.97. The van der Waals surface area contributed by atoms with Crippen molar-refractivity contribution in [2.24, 2.45) is 5.92 Å². The van der Waals surface area contributed by atoms with E-state index < -0.39 is 0 Å². The first-order valence-electron chi connectivity index (χ1n) is 8.30.